The van der Waals surface area contributed by atoms with Crippen LogP contribution in [-0.4, -0.2) is 24.5 Å². The zero-order valence-corrected chi connectivity index (χ0v) is 16.5. The Morgan fingerprint density at radius 3 is 2.83 bits per heavy atom. The number of aryl methyl sites for hydroxylation is 1. The van der Waals surface area contributed by atoms with E-state index in [0.717, 1.165) is 29.4 Å². The molecule has 0 saturated carbocycles. The van der Waals surface area contributed by atoms with Crippen LogP contribution in [0, 0.1) is 5.82 Å². The number of hydrogen-bond acceptors (Lipinski definition) is 3. The second-order valence-corrected chi connectivity index (χ2v) is 6.01. The lowest BCUT2D eigenvalue weighted by molar-refractivity contribution is 0.625. The molecule has 1 heterocycles. The lowest BCUT2D eigenvalue weighted by Crippen LogP contribution is -2.37. The van der Waals surface area contributed by atoms with Crippen molar-refractivity contribution in [3.05, 3.63) is 51.7 Å². The second kappa shape index (κ2) is 10.5. The van der Waals surface area contributed by atoms with Crippen molar-refractivity contribution in [2.24, 2.45) is 4.99 Å². The molecule has 0 aliphatic carbocycles. The van der Waals surface area contributed by atoms with Gasteiger partial charge in [-0.3, -0.25) is 4.99 Å². The monoisotopic (exact) mass is 448 g/mol. The third kappa shape index (κ3) is 6.82. The van der Waals surface area contributed by atoms with Crippen LogP contribution in [0.1, 0.15) is 22.4 Å². The molecule has 0 radical (unpaired) electrons. The van der Waals surface area contributed by atoms with E-state index in [1.807, 2.05) is 12.3 Å². The Morgan fingerprint density at radius 1 is 1.35 bits per heavy atom. The summed E-state index contributed by atoms with van der Waals surface area (Å²) >= 11 is 1.71. The number of nitrogens with zero attached hydrogens (tertiary/aromatic N) is 2. The third-order valence-corrected chi connectivity index (χ3v) is 4.32. The van der Waals surface area contributed by atoms with E-state index in [0.29, 0.717) is 13.1 Å². The molecule has 0 amide bonds. The number of nitrogens with one attached hydrogen (secondary N) is 2. The molecule has 23 heavy (non-hydrogen) atoms. The van der Waals surface area contributed by atoms with Gasteiger partial charge in [0.1, 0.15) is 10.8 Å². The number of aliphatic imine (C=N–C) groups is 1. The summed E-state index contributed by atoms with van der Waals surface area (Å²) in [6.45, 7) is 3.48. The average molecular weight is 448 g/mol. The maximum absolute atomic E-state index is 13.1. The van der Waals surface area contributed by atoms with Gasteiger partial charge in [-0.2, -0.15) is 0 Å². The molecule has 0 saturated heterocycles. The molecule has 2 N–H and O–H groups in total. The van der Waals surface area contributed by atoms with E-state index >= 15 is 0 Å². The normalized spacial score (nSPS) is 11.0. The largest absolute Gasteiger partial charge is 0.356 e. The van der Waals surface area contributed by atoms with Crippen molar-refractivity contribution in [1.29, 1.82) is 0 Å². The molecule has 2 aromatic rings. The van der Waals surface area contributed by atoms with Crippen LogP contribution in [0.2, 0.25) is 0 Å². The molecule has 0 atom stereocenters. The number of hydrogen-bond donors (Lipinski definition) is 2. The minimum absolute atomic E-state index is 0. The van der Waals surface area contributed by atoms with Crippen LogP contribution in [0.25, 0.3) is 0 Å². The van der Waals surface area contributed by atoms with Crippen molar-refractivity contribution >= 4 is 41.3 Å². The molecule has 0 unspecified atom stereocenters. The van der Waals surface area contributed by atoms with E-state index in [1.165, 1.54) is 10.9 Å². The van der Waals surface area contributed by atoms with E-state index < -0.39 is 0 Å². The first-order valence-electron chi connectivity index (χ1n) is 7.33. The molecule has 0 aliphatic heterocycles. The zero-order chi connectivity index (χ0) is 15.8. The first-order valence-corrected chi connectivity index (χ1v) is 8.15. The highest BCUT2D eigenvalue weighted by Gasteiger charge is 2.03. The maximum Gasteiger partial charge on any atom is 0.191 e. The molecule has 1 aromatic carbocycles. The molecule has 0 bridgehead atoms. The summed E-state index contributed by atoms with van der Waals surface area (Å²) in [5, 5.41) is 7.50. The van der Waals surface area contributed by atoms with Crippen molar-refractivity contribution in [3.8, 4) is 0 Å². The summed E-state index contributed by atoms with van der Waals surface area (Å²) in [6, 6.07) is 6.66. The number of aromatic nitrogens is 1. The molecular formula is C16H22FIN4S. The standard InChI is InChI=1S/C16H21FN4S.HI/c1-3-14-10-20-15(22-14)11-21-16(18-2)19-8-7-12-5-4-6-13(17)9-12;/h4-6,9-10H,3,7-8,11H2,1-2H3,(H2,18,19,21);1H. The van der Waals surface area contributed by atoms with Crippen LogP contribution < -0.4 is 10.6 Å². The Bertz CT molecular complexity index is 630. The van der Waals surface area contributed by atoms with E-state index in [4.69, 9.17) is 0 Å². The van der Waals surface area contributed by atoms with Gasteiger partial charge in [0.05, 0.1) is 6.54 Å². The van der Waals surface area contributed by atoms with E-state index in [1.54, 1.807) is 30.5 Å². The Balaban J connectivity index is 0.00000264. The highest BCUT2D eigenvalue weighted by molar-refractivity contribution is 14.0. The molecule has 126 valence electrons. The van der Waals surface area contributed by atoms with E-state index in [9.17, 15) is 4.39 Å². The second-order valence-electron chi connectivity index (χ2n) is 4.81. The Morgan fingerprint density at radius 2 is 2.17 bits per heavy atom. The SMILES string of the molecule is CCc1cnc(CNC(=NC)NCCc2cccc(F)c2)s1.I. The molecular weight excluding hydrogens is 426 g/mol. The van der Waals surface area contributed by atoms with Gasteiger partial charge in [0.2, 0.25) is 0 Å². The lowest BCUT2D eigenvalue weighted by atomic mass is 10.1. The molecule has 0 spiro atoms. The summed E-state index contributed by atoms with van der Waals surface area (Å²) in [5.41, 5.74) is 0.968. The number of thiazole rings is 1. The van der Waals surface area contributed by atoms with Crippen molar-refractivity contribution in [3.63, 3.8) is 0 Å². The van der Waals surface area contributed by atoms with E-state index in [-0.39, 0.29) is 29.8 Å². The Kier molecular flexibility index (Phi) is 9.08. The van der Waals surface area contributed by atoms with Gasteiger partial charge < -0.3 is 10.6 Å². The molecule has 2 rings (SSSR count). The minimum atomic E-state index is -0.199. The Hall–Kier alpha value is -1.22. The summed E-state index contributed by atoms with van der Waals surface area (Å²) in [7, 11) is 1.73. The number of rotatable bonds is 6. The molecule has 7 heteroatoms. The van der Waals surface area contributed by atoms with Crippen LogP contribution in [0.3, 0.4) is 0 Å². The van der Waals surface area contributed by atoms with Gasteiger partial charge in [-0.15, -0.1) is 35.3 Å². The number of benzene rings is 1. The summed E-state index contributed by atoms with van der Waals surface area (Å²) in [5.74, 6) is 0.528. The van der Waals surface area contributed by atoms with Gasteiger partial charge in [-0.1, -0.05) is 19.1 Å². The topological polar surface area (TPSA) is 49.3 Å². The fraction of sp³-hybridized carbons (Fsp3) is 0.375. The van der Waals surface area contributed by atoms with E-state index in [2.05, 4.69) is 27.5 Å². The molecule has 1 aromatic heterocycles. The van der Waals surface area contributed by atoms with Gasteiger partial charge in [-0.25, -0.2) is 9.37 Å². The van der Waals surface area contributed by atoms with Crippen LogP contribution in [0.5, 0.6) is 0 Å². The van der Waals surface area contributed by atoms with Gasteiger partial charge in [0.15, 0.2) is 5.96 Å². The van der Waals surface area contributed by atoms with Gasteiger partial charge >= 0.3 is 0 Å². The van der Waals surface area contributed by atoms with Crippen LogP contribution in [0.15, 0.2) is 35.5 Å². The summed E-state index contributed by atoms with van der Waals surface area (Å²) in [6.07, 6.45) is 3.68. The molecule has 0 fully saturated rings. The van der Waals surface area contributed by atoms with Crippen molar-refractivity contribution in [2.75, 3.05) is 13.6 Å². The maximum atomic E-state index is 13.1. The van der Waals surface area contributed by atoms with Gasteiger partial charge in [-0.05, 0) is 30.5 Å². The molecule has 0 aliphatic rings. The highest BCUT2D eigenvalue weighted by atomic mass is 127. The first-order chi connectivity index (χ1) is 10.7. The smallest absolute Gasteiger partial charge is 0.191 e. The lowest BCUT2D eigenvalue weighted by Gasteiger charge is -2.10. The van der Waals surface area contributed by atoms with Crippen molar-refractivity contribution in [1.82, 2.24) is 15.6 Å². The third-order valence-electron chi connectivity index (χ3n) is 3.18. The number of halogens is 2. The zero-order valence-electron chi connectivity index (χ0n) is 13.3. The van der Waals surface area contributed by atoms with Crippen LogP contribution in [-0.2, 0) is 19.4 Å². The summed E-state index contributed by atoms with van der Waals surface area (Å²) < 4.78 is 13.1. The predicted octanol–water partition coefficient (Wildman–Crippen LogP) is 3.37. The van der Waals surface area contributed by atoms with Crippen LogP contribution in [0.4, 0.5) is 4.39 Å². The predicted molar refractivity (Wildman–Crippen MR) is 105 cm³/mol. The number of guanidine groups is 1. The summed E-state index contributed by atoms with van der Waals surface area (Å²) in [4.78, 5) is 9.82. The van der Waals surface area contributed by atoms with Gasteiger partial charge in [0, 0.05) is 24.7 Å². The quantitative estimate of drug-likeness (QED) is 0.405. The fourth-order valence-corrected chi connectivity index (χ4v) is 2.79. The highest BCUT2D eigenvalue weighted by Crippen LogP contribution is 2.12. The Labute approximate surface area is 157 Å². The van der Waals surface area contributed by atoms with Crippen LogP contribution >= 0.6 is 35.3 Å². The molecule has 4 nitrogen and oxygen atoms in total. The van der Waals surface area contributed by atoms with Crippen molar-refractivity contribution < 1.29 is 4.39 Å². The van der Waals surface area contributed by atoms with Crippen molar-refractivity contribution in [2.45, 2.75) is 26.3 Å². The minimum Gasteiger partial charge on any atom is -0.356 e. The fourth-order valence-electron chi connectivity index (χ4n) is 1.99. The average Bonchev–Trinajstić information content (AvgIpc) is 2.99. The van der Waals surface area contributed by atoms with Gasteiger partial charge in [0.25, 0.3) is 0 Å². The first kappa shape index (κ1) is 19.8.